The molecule has 2 heterocycles. The van der Waals surface area contributed by atoms with E-state index in [0.717, 1.165) is 16.7 Å². The van der Waals surface area contributed by atoms with E-state index < -0.39 is 77.5 Å². The number of hydrogen-bond acceptors (Lipinski definition) is 6. The number of likely N-dealkylation sites (tertiary alicyclic amines) is 1. The molecule has 4 amide bonds. The van der Waals surface area contributed by atoms with Gasteiger partial charge in [0.05, 0.1) is 18.7 Å². The smallest absolute Gasteiger partial charge is 0.408 e. The maximum Gasteiger partial charge on any atom is 0.408 e. The third-order valence-corrected chi connectivity index (χ3v) is 6.94. The number of aromatic nitrogens is 1. The highest BCUT2D eigenvalue weighted by Gasteiger charge is 2.63. The van der Waals surface area contributed by atoms with Gasteiger partial charge in [0, 0.05) is 33.5 Å². The second-order valence-corrected chi connectivity index (χ2v) is 9.48. The van der Waals surface area contributed by atoms with E-state index in [4.69, 9.17) is 28.8 Å². The summed E-state index contributed by atoms with van der Waals surface area (Å²) in [5.74, 6) is -4.38. The van der Waals surface area contributed by atoms with Crippen molar-refractivity contribution in [2.45, 2.75) is 17.6 Å². The number of benzene rings is 2. The van der Waals surface area contributed by atoms with Gasteiger partial charge in [0.1, 0.15) is 5.69 Å². The number of aliphatic carboxylic acids is 1. The zero-order chi connectivity index (χ0) is 29.0. The Labute approximate surface area is 223 Å². The molecule has 9 N–H and O–H groups in total. The van der Waals surface area contributed by atoms with E-state index >= 15 is 4.39 Å². The van der Waals surface area contributed by atoms with Crippen LogP contribution in [0.3, 0.4) is 0 Å². The van der Waals surface area contributed by atoms with Gasteiger partial charge in [-0.15, -0.1) is 0 Å². The fourth-order valence-corrected chi connectivity index (χ4v) is 5.52. The Kier molecular flexibility index (Phi) is 6.49. The second kappa shape index (κ2) is 9.25. The lowest BCUT2D eigenvalue weighted by atomic mass is 9.77. The van der Waals surface area contributed by atoms with E-state index in [-0.39, 0.29) is 32.0 Å². The summed E-state index contributed by atoms with van der Waals surface area (Å²) in [6.07, 6.45) is -3.04. The van der Waals surface area contributed by atoms with Gasteiger partial charge in [0.15, 0.2) is 11.2 Å². The maximum absolute atomic E-state index is 15.6. The van der Waals surface area contributed by atoms with E-state index in [1.54, 1.807) is 0 Å². The molecule has 4 rings (SSSR count). The number of amides is 4. The number of rotatable bonds is 6. The van der Waals surface area contributed by atoms with Crippen LogP contribution in [0.25, 0.3) is 22.0 Å². The van der Waals surface area contributed by atoms with Crippen LogP contribution in [-0.2, 0) is 10.3 Å². The molecule has 2 aromatic carbocycles. The number of carbonyl (C=O) groups excluding carboxylic acids is 3. The van der Waals surface area contributed by atoms with Crippen LogP contribution in [0.4, 0.5) is 14.0 Å². The van der Waals surface area contributed by atoms with Crippen molar-refractivity contribution in [3.63, 3.8) is 0 Å². The molecule has 13 nitrogen and oxygen atoms in total. The van der Waals surface area contributed by atoms with Gasteiger partial charge in [-0.1, -0.05) is 29.8 Å². The normalized spacial score (nSPS) is 20.7. The van der Waals surface area contributed by atoms with Crippen molar-refractivity contribution in [3.8, 4) is 11.1 Å². The van der Waals surface area contributed by atoms with Crippen LogP contribution in [0.1, 0.15) is 32.8 Å². The van der Waals surface area contributed by atoms with Gasteiger partial charge in [-0.2, -0.15) is 0 Å². The molecular weight excluding hydrogens is 541 g/mol. The molecule has 1 fully saturated rings. The minimum absolute atomic E-state index is 0.0569. The third-order valence-electron chi connectivity index (χ3n) is 6.72. The first kappa shape index (κ1) is 27.3. The van der Waals surface area contributed by atoms with Gasteiger partial charge in [0.25, 0.3) is 5.91 Å². The highest BCUT2D eigenvalue weighted by atomic mass is 35.5. The summed E-state index contributed by atoms with van der Waals surface area (Å²) < 4.78 is 16.4. The fourth-order valence-electron chi connectivity index (χ4n) is 5.31. The first-order chi connectivity index (χ1) is 18.2. The molecule has 0 unspecified atom stereocenters. The molecular formula is C24H21ClFN5O8. The number of nitrogens with two attached hydrogens (primary N) is 3. The summed E-state index contributed by atoms with van der Waals surface area (Å²) in [4.78, 5) is 63.3. The topological polar surface area (TPSA) is 232 Å². The Bertz CT molecular complexity index is 1610. The zero-order valence-electron chi connectivity index (χ0n) is 19.9. The lowest BCUT2D eigenvalue weighted by Crippen LogP contribution is -2.51. The highest BCUT2D eigenvalue weighted by molar-refractivity contribution is 6.31. The Morgan fingerprint density at radius 2 is 1.67 bits per heavy atom. The SMILES string of the molecule is NC(=O)c1cc(Cl)cc(-c2c(C(N)=O)n(C(N)=O)c3ccccc23)c1[C@]1(C(=O)O)C[C@](F)(CO)CN1C(=O)O. The van der Waals surface area contributed by atoms with Crippen LogP contribution in [0, 0.1) is 0 Å². The van der Waals surface area contributed by atoms with Gasteiger partial charge in [-0.25, -0.2) is 18.8 Å². The van der Waals surface area contributed by atoms with Gasteiger partial charge in [0.2, 0.25) is 5.91 Å². The molecule has 0 aliphatic carbocycles. The van der Waals surface area contributed by atoms with Crippen LogP contribution in [0.15, 0.2) is 36.4 Å². The molecule has 1 aliphatic heterocycles. The first-order valence-corrected chi connectivity index (χ1v) is 11.5. The third kappa shape index (κ3) is 4.00. The Morgan fingerprint density at radius 3 is 2.18 bits per heavy atom. The largest absolute Gasteiger partial charge is 0.479 e. The van der Waals surface area contributed by atoms with Crippen molar-refractivity contribution in [3.05, 3.63) is 58.2 Å². The Balaban J connectivity index is 2.31. The van der Waals surface area contributed by atoms with Crippen molar-refractivity contribution in [2.75, 3.05) is 13.2 Å². The fraction of sp³-hybridized carbons (Fsp3) is 0.208. The number of aliphatic hydroxyl groups excluding tert-OH is 1. The van der Waals surface area contributed by atoms with Crippen LogP contribution in [0.2, 0.25) is 5.02 Å². The second-order valence-electron chi connectivity index (χ2n) is 9.04. The number of aliphatic hydroxyl groups is 1. The summed E-state index contributed by atoms with van der Waals surface area (Å²) >= 11 is 6.27. The first-order valence-electron chi connectivity index (χ1n) is 11.1. The number of para-hydroxylation sites is 1. The predicted molar refractivity (Wildman–Crippen MR) is 134 cm³/mol. The molecule has 1 aliphatic rings. The maximum atomic E-state index is 15.6. The summed E-state index contributed by atoms with van der Waals surface area (Å²) in [6, 6.07) is 6.76. The molecule has 2 atom stereocenters. The molecule has 39 heavy (non-hydrogen) atoms. The number of hydrogen-bond donors (Lipinski definition) is 6. The minimum atomic E-state index is -2.86. The summed E-state index contributed by atoms with van der Waals surface area (Å²) in [5, 5.41) is 30.0. The van der Waals surface area contributed by atoms with Crippen LogP contribution < -0.4 is 17.2 Å². The molecule has 0 saturated carbocycles. The number of carboxylic acid groups (broad SMARTS) is 2. The van der Waals surface area contributed by atoms with Crippen molar-refractivity contribution >= 4 is 52.4 Å². The zero-order valence-corrected chi connectivity index (χ0v) is 20.6. The van der Waals surface area contributed by atoms with Crippen molar-refractivity contribution in [1.29, 1.82) is 0 Å². The van der Waals surface area contributed by atoms with Crippen LogP contribution >= 0.6 is 11.6 Å². The van der Waals surface area contributed by atoms with E-state index in [9.17, 15) is 39.3 Å². The number of carbonyl (C=O) groups is 5. The lowest BCUT2D eigenvalue weighted by molar-refractivity contribution is -0.149. The Hall–Kier alpha value is -4.69. The van der Waals surface area contributed by atoms with Crippen LogP contribution in [-0.4, -0.2) is 73.5 Å². The van der Waals surface area contributed by atoms with Crippen LogP contribution in [0.5, 0.6) is 0 Å². The number of primary amides is 3. The monoisotopic (exact) mass is 561 g/mol. The average Bonchev–Trinajstić information content (AvgIpc) is 3.38. The average molecular weight is 562 g/mol. The van der Waals surface area contributed by atoms with Crippen molar-refractivity contribution in [2.24, 2.45) is 17.2 Å². The van der Waals surface area contributed by atoms with E-state index in [1.165, 1.54) is 24.3 Å². The lowest BCUT2D eigenvalue weighted by Gasteiger charge is -2.35. The molecule has 1 aromatic heterocycles. The number of fused-ring (bicyclic) bond motifs is 1. The summed E-state index contributed by atoms with van der Waals surface area (Å²) in [6.45, 7) is -2.34. The standard InChI is InChI=1S/C24H21ClFN5O8/c25-10-5-12(15-11-3-1-2-4-14(11)31(21(29)37)17(15)19(28)34)16(13(6-10)18(27)33)24(20(35)36)7-23(26,9-32)8-30(24)22(38)39/h1-6,32H,7-9H2,(H2,27,33)(H2,28,34)(H2,29,37)(H,35,36)(H,38,39)/t23-,24+/m1/s1. The van der Waals surface area contributed by atoms with Gasteiger partial charge >= 0.3 is 18.1 Å². The Morgan fingerprint density at radius 1 is 1.03 bits per heavy atom. The highest BCUT2D eigenvalue weighted by Crippen LogP contribution is 2.51. The van der Waals surface area contributed by atoms with E-state index in [2.05, 4.69) is 0 Å². The van der Waals surface area contributed by atoms with Crippen molar-refractivity contribution in [1.82, 2.24) is 9.47 Å². The van der Waals surface area contributed by atoms with Gasteiger partial charge in [-0.3, -0.25) is 19.1 Å². The molecule has 0 spiro atoms. The number of carboxylic acids is 1. The summed E-state index contributed by atoms with van der Waals surface area (Å²) in [7, 11) is 0. The van der Waals surface area contributed by atoms with Crippen molar-refractivity contribution < 1.29 is 43.7 Å². The van der Waals surface area contributed by atoms with Gasteiger partial charge < -0.3 is 32.5 Å². The minimum Gasteiger partial charge on any atom is -0.479 e. The van der Waals surface area contributed by atoms with Gasteiger partial charge in [-0.05, 0) is 23.8 Å². The number of nitrogens with zero attached hydrogens (tertiary/aromatic N) is 2. The summed E-state index contributed by atoms with van der Waals surface area (Å²) in [5.41, 5.74) is 8.78. The number of halogens is 2. The van der Waals surface area contributed by atoms with E-state index in [0.29, 0.717) is 0 Å². The quantitative estimate of drug-likeness (QED) is 0.257. The van der Waals surface area contributed by atoms with E-state index in [1.807, 2.05) is 0 Å². The predicted octanol–water partition coefficient (Wildman–Crippen LogP) is 1.45. The molecule has 0 bridgehead atoms. The molecule has 3 aromatic rings. The number of alkyl halides is 1. The molecule has 204 valence electrons. The molecule has 15 heteroatoms. The molecule has 1 saturated heterocycles. The molecule has 0 radical (unpaired) electrons.